The normalized spacial score (nSPS) is 11.2. The van der Waals surface area contributed by atoms with Gasteiger partial charge in [0.15, 0.2) is 5.96 Å². The second-order valence-corrected chi connectivity index (χ2v) is 6.57. The highest BCUT2D eigenvalue weighted by Crippen LogP contribution is 2.12. The Balaban J connectivity index is 1.73. The molecule has 0 saturated heterocycles. The van der Waals surface area contributed by atoms with E-state index in [1.165, 1.54) is 18.2 Å². The summed E-state index contributed by atoms with van der Waals surface area (Å²) >= 11 is 0. The van der Waals surface area contributed by atoms with Gasteiger partial charge in [-0.3, -0.25) is 0 Å². The summed E-state index contributed by atoms with van der Waals surface area (Å²) < 4.78 is 15.9. The van der Waals surface area contributed by atoms with Gasteiger partial charge < -0.3 is 10.2 Å². The van der Waals surface area contributed by atoms with Crippen LogP contribution in [-0.2, 0) is 13.1 Å². The minimum Gasteiger partial charge on any atom is -0.357 e. The lowest BCUT2D eigenvalue weighted by molar-refractivity contribution is 0.476. The molecule has 0 radical (unpaired) electrons. The van der Waals surface area contributed by atoms with Crippen molar-refractivity contribution in [1.82, 2.24) is 20.0 Å². The minimum atomic E-state index is -0.365. The molecule has 1 heterocycles. The van der Waals surface area contributed by atoms with Crippen LogP contribution in [0.3, 0.4) is 0 Å². The van der Waals surface area contributed by atoms with Crippen LogP contribution >= 0.6 is 0 Å². The molecule has 7 heteroatoms. The van der Waals surface area contributed by atoms with Crippen LogP contribution in [0.1, 0.15) is 23.6 Å². The zero-order valence-corrected chi connectivity index (χ0v) is 16.5. The van der Waals surface area contributed by atoms with E-state index in [1.807, 2.05) is 72.3 Å². The van der Waals surface area contributed by atoms with Crippen LogP contribution in [0, 0.1) is 17.1 Å². The fraction of sp³-hybridized carbons (Fsp3) is 0.227. The van der Waals surface area contributed by atoms with Crippen molar-refractivity contribution in [2.24, 2.45) is 4.99 Å². The van der Waals surface area contributed by atoms with Gasteiger partial charge in [0.1, 0.15) is 5.82 Å². The molecule has 0 atom stereocenters. The molecule has 0 aliphatic carbocycles. The lowest BCUT2D eigenvalue weighted by Gasteiger charge is -2.21. The lowest BCUT2D eigenvalue weighted by Crippen LogP contribution is -2.38. The highest BCUT2D eigenvalue weighted by Gasteiger charge is 2.10. The number of aliphatic imine (C=N–C) groups is 1. The zero-order chi connectivity index (χ0) is 20.6. The van der Waals surface area contributed by atoms with E-state index >= 15 is 0 Å². The fourth-order valence-corrected chi connectivity index (χ4v) is 2.91. The van der Waals surface area contributed by atoms with Crippen LogP contribution in [0.4, 0.5) is 4.39 Å². The monoisotopic (exact) mass is 390 g/mol. The van der Waals surface area contributed by atoms with Gasteiger partial charge in [0.25, 0.3) is 0 Å². The third-order valence-electron chi connectivity index (χ3n) is 4.35. The molecule has 148 valence electrons. The molecular weight excluding hydrogens is 367 g/mol. The largest absolute Gasteiger partial charge is 0.357 e. The summed E-state index contributed by atoms with van der Waals surface area (Å²) in [5.74, 6) is 0.289. The standard InChI is InChI=1S/C22H23FN6/c1-3-25-22(26-14-19-11-17(12-24)9-10-21(19)23)28(2)15-18-13-27-29(16-18)20-7-5-4-6-8-20/h4-11,13,16H,3,14-15H2,1-2H3,(H,25,26). The summed E-state index contributed by atoms with van der Waals surface area (Å²) in [6, 6.07) is 16.2. The first-order chi connectivity index (χ1) is 14.1. The number of halogens is 1. The predicted molar refractivity (Wildman–Crippen MR) is 111 cm³/mol. The van der Waals surface area contributed by atoms with Crippen molar-refractivity contribution in [2.45, 2.75) is 20.0 Å². The van der Waals surface area contributed by atoms with E-state index < -0.39 is 0 Å². The van der Waals surface area contributed by atoms with E-state index in [9.17, 15) is 4.39 Å². The minimum absolute atomic E-state index is 0.150. The quantitative estimate of drug-likeness (QED) is 0.517. The summed E-state index contributed by atoms with van der Waals surface area (Å²) in [4.78, 5) is 6.50. The first-order valence-corrected chi connectivity index (χ1v) is 9.37. The number of hydrogen-bond acceptors (Lipinski definition) is 3. The number of hydrogen-bond donors (Lipinski definition) is 1. The molecule has 0 amide bonds. The van der Waals surface area contributed by atoms with Crippen molar-refractivity contribution in [2.75, 3.05) is 13.6 Å². The van der Waals surface area contributed by atoms with Gasteiger partial charge in [0.2, 0.25) is 0 Å². The lowest BCUT2D eigenvalue weighted by atomic mass is 10.1. The number of rotatable bonds is 6. The zero-order valence-electron chi connectivity index (χ0n) is 16.5. The average molecular weight is 390 g/mol. The molecule has 2 aromatic carbocycles. The Labute approximate surface area is 169 Å². The molecule has 0 bridgehead atoms. The van der Waals surface area contributed by atoms with Gasteiger partial charge in [-0.1, -0.05) is 18.2 Å². The third-order valence-corrected chi connectivity index (χ3v) is 4.35. The van der Waals surface area contributed by atoms with Crippen molar-refractivity contribution in [1.29, 1.82) is 5.26 Å². The van der Waals surface area contributed by atoms with Crippen LogP contribution in [0.5, 0.6) is 0 Å². The van der Waals surface area contributed by atoms with Crippen LogP contribution in [-0.4, -0.2) is 34.2 Å². The number of benzene rings is 2. The number of para-hydroxylation sites is 1. The molecule has 1 aromatic heterocycles. The van der Waals surface area contributed by atoms with Crippen molar-refractivity contribution in [3.05, 3.63) is 83.4 Å². The number of guanidine groups is 1. The molecule has 3 rings (SSSR count). The Morgan fingerprint density at radius 2 is 2.07 bits per heavy atom. The fourth-order valence-electron chi connectivity index (χ4n) is 2.91. The summed E-state index contributed by atoms with van der Waals surface area (Å²) in [6.07, 6.45) is 3.80. The molecule has 0 aliphatic rings. The molecular formula is C22H23FN6. The summed E-state index contributed by atoms with van der Waals surface area (Å²) in [7, 11) is 1.92. The third kappa shape index (κ3) is 5.20. The average Bonchev–Trinajstić information content (AvgIpc) is 3.21. The highest BCUT2D eigenvalue weighted by atomic mass is 19.1. The van der Waals surface area contributed by atoms with Gasteiger partial charge in [-0.15, -0.1) is 0 Å². The van der Waals surface area contributed by atoms with Gasteiger partial charge >= 0.3 is 0 Å². The van der Waals surface area contributed by atoms with E-state index in [-0.39, 0.29) is 12.4 Å². The second kappa shape index (κ2) is 9.51. The molecule has 29 heavy (non-hydrogen) atoms. The van der Waals surface area contributed by atoms with Gasteiger partial charge in [0, 0.05) is 37.5 Å². The second-order valence-electron chi connectivity index (χ2n) is 6.57. The van der Waals surface area contributed by atoms with Crippen molar-refractivity contribution < 1.29 is 4.39 Å². The predicted octanol–water partition coefficient (Wildman–Crippen LogP) is 3.48. The number of nitrogens with one attached hydrogen (secondary N) is 1. The summed E-state index contributed by atoms with van der Waals surface area (Å²) in [6.45, 7) is 3.41. The van der Waals surface area contributed by atoms with Crippen LogP contribution < -0.4 is 5.32 Å². The van der Waals surface area contributed by atoms with Crippen molar-refractivity contribution in [3.8, 4) is 11.8 Å². The Bertz CT molecular complexity index is 1020. The van der Waals surface area contributed by atoms with Crippen LogP contribution in [0.15, 0.2) is 65.9 Å². The Morgan fingerprint density at radius 1 is 1.28 bits per heavy atom. The van der Waals surface area contributed by atoms with Gasteiger partial charge in [0.05, 0.1) is 30.1 Å². The summed E-state index contributed by atoms with van der Waals surface area (Å²) in [5.41, 5.74) is 2.84. The highest BCUT2D eigenvalue weighted by molar-refractivity contribution is 5.79. The van der Waals surface area contributed by atoms with Crippen LogP contribution in [0.25, 0.3) is 5.69 Å². The molecule has 0 unspecified atom stereocenters. The van der Waals surface area contributed by atoms with Gasteiger partial charge in [-0.25, -0.2) is 14.1 Å². The topological polar surface area (TPSA) is 69.2 Å². The first kappa shape index (κ1) is 20.1. The first-order valence-electron chi connectivity index (χ1n) is 9.37. The maximum Gasteiger partial charge on any atom is 0.194 e. The van der Waals surface area contributed by atoms with Crippen molar-refractivity contribution >= 4 is 5.96 Å². The van der Waals surface area contributed by atoms with Gasteiger partial charge in [-0.05, 0) is 37.3 Å². The maximum absolute atomic E-state index is 14.0. The van der Waals surface area contributed by atoms with Gasteiger partial charge in [-0.2, -0.15) is 10.4 Å². The molecule has 6 nitrogen and oxygen atoms in total. The Morgan fingerprint density at radius 3 is 2.79 bits per heavy atom. The van der Waals surface area contributed by atoms with E-state index in [0.29, 0.717) is 30.2 Å². The van der Waals surface area contributed by atoms with Crippen LogP contribution in [0.2, 0.25) is 0 Å². The summed E-state index contributed by atoms with van der Waals surface area (Å²) in [5, 5.41) is 16.7. The molecule has 0 aliphatic heterocycles. The number of nitriles is 1. The van der Waals surface area contributed by atoms with E-state index in [1.54, 1.807) is 0 Å². The van der Waals surface area contributed by atoms with Crippen molar-refractivity contribution in [3.63, 3.8) is 0 Å². The molecule has 1 N–H and O–H groups in total. The Kier molecular flexibility index (Phi) is 6.59. The van der Waals surface area contributed by atoms with E-state index in [0.717, 1.165) is 11.3 Å². The number of aromatic nitrogens is 2. The molecule has 0 spiro atoms. The molecule has 0 fully saturated rings. The smallest absolute Gasteiger partial charge is 0.194 e. The van der Waals surface area contributed by atoms with E-state index in [4.69, 9.17) is 5.26 Å². The maximum atomic E-state index is 14.0. The number of nitrogens with zero attached hydrogens (tertiary/aromatic N) is 5. The molecule has 0 saturated carbocycles. The SMILES string of the molecule is CCNC(=NCc1cc(C#N)ccc1F)N(C)Cc1cnn(-c2ccccc2)c1. The van der Waals surface area contributed by atoms with E-state index in [2.05, 4.69) is 15.4 Å². The molecule has 3 aromatic rings. The Hall–Kier alpha value is -3.66.